The van der Waals surface area contributed by atoms with Crippen LogP contribution in [0, 0.1) is 0 Å². The first kappa shape index (κ1) is 18.8. The van der Waals surface area contributed by atoms with Crippen molar-refractivity contribution in [2.45, 2.75) is 23.9 Å². The smallest absolute Gasteiger partial charge is 0.416 e. The SMILES string of the molecule is O=C(O)CCc1ccc(S(=O)(=O)Nc2cccc(C(F)(F)F)c2)cc1. The molecule has 0 aromatic heterocycles. The van der Waals surface area contributed by atoms with Crippen LogP contribution in [0.3, 0.4) is 0 Å². The number of benzene rings is 2. The van der Waals surface area contributed by atoms with Gasteiger partial charge in [0.25, 0.3) is 10.0 Å². The Hall–Kier alpha value is -2.55. The van der Waals surface area contributed by atoms with Crippen LogP contribution in [-0.2, 0) is 27.4 Å². The van der Waals surface area contributed by atoms with Crippen LogP contribution in [0.25, 0.3) is 0 Å². The minimum absolute atomic E-state index is 0.0887. The number of hydrogen-bond donors (Lipinski definition) is 2. The number of rotatable bonds is 6. The predicted octanol–water partition coefficient (Wildman–Crippen LogP) is 3.52. The van der Waals surface area contributed by atoms with Crippen molar-refractivity contribution in [3.05, 3.63) is 59.7 Å². The molecule has 0 amide bonds. The first-order valence-corrected chi connectivity index (χ1v) is 8.57. The molecule has 0 aliphatic rings. The van der Waals surface area contributed by atoms with E-state index in [-0.39, 0.29) is 23.4 Å². The fraction of sp³-hybridized carbons (Fsp3) is 0.188. The summed E-state index contributed by atoms with van der Waals surface area (Å²) in [5.41, 5.74) is -0.526. The van der Waals surface area contributed by atoms with Gasteiger partial charge in [-0.25, -0.2) is 8.42 Å². The molecule has 2 aromatic carbocycles. The third kappa shape index (κ3) is 5.21. The average molecular weight is 373 g/mol. The maximum absolute atomic E-state index is 12.7. The highest BCUT2D eigenvalue weighted by Gasteiger charge is 2.30. The largest absolute Gasteiger partial charge is 0.481 e. The highest BCUT2D eigenvalue weighted by molar-refractivity contribution is 7.92. The molecule has 5 nitrogen and oxygen atoms in total. The Kier molecular flexibility index (Phi) is 5.36. The molecule has 0 heterocycles. The van der Waals surface area contributed by atoms with Crippen LogP contribution in [-0.4, -0.2) is 19.5 Å². The Bertz CT molecular complexity index is 862. The summed E-state index contributed by atoms with van der Waals surface area (Å²) in [4.78, 5) is 10.4. The van der Waals surface area contributed by atoms with E-state index < -0.39 is 27.7 Å². The minimum atomic E-state index is -4.58. The second-order valence-corrected chi connectivity index (χ2v) is 6.90. The third-order valence-electron chi connectivity index (χ3n) is 3.30. The van der Waals surface area contributed by atoms with Crippen molar-refractivity contribution in [1.29, 1.82) is 0 Å². The van der Waals surface area contributed by atoms with Gasteiger partial charge < -0.3 is 5.11 Å². The number of aryl methyl sites for hydroxylation is 1. The Morgan fingerprint density at radius 2 is 1.72 bits per heavy atom. The molecule has 0 aliphatic carbocycles. The van der Waals surface area contributed by atoms with E-state index in [1.54, 1.807) is 0 Å². The first-order valence-electron chi connectivity index (χ1n) is 7.09. The van der Waals surface area contributed by atoms with E-state index in [0.29, 0.717) is 11.6 Å². The zero-order valence-electron chi connectivity index (χ0n) is 12.7. The number of halogens is 3. The number of carbonyl (C=O) groups is 1. The van der Waals surface area contributed by atoms with Gasteiger partial charge in [-0.1, -0.05) is 18.2 Å². The molecule has 0 atom stereocenters. The average Bonchev–Trinajstić information content (AvgIpc) is 2.52. The van der Waals surface area contributed by atoms with Crippen molar-refractivity contribution in [2.75, 3.05) is 4.72 Å². The van der Waals surface area contributed by atoms with Crippen molar-refractivity contribution in [3.8, 4) is 0 Å². The van der Waals surface area contributed by atoms with Crippen LogP contribution in [0.5, 0.6) is 0 Å². The second-order valence-electron chi connectivity index (χ2n) is 5.22. The molecule has 0 saturated heterocycles. The molecule has 0 aliphatic heterocycles. The molecule has 134 valence electrons. The Morgan fingerprint density at radius 3 is 2.28 bits per heavy atom. The third-order valence-corrected chi connectivity index (χ3v) is 4.70. The van der Waals surface area contributed by atoms with E-state index in [0.717, 1.165) is 12.1 Å². The number of aliphatic carboxylic acids is 1. The van der Waals surface area contributed by atoms with Gasteiger partial charge >= 0.3 is 12.1 Å². The molecule has 2 rings (SSSR count). The van der Waals surface area contributed by atoms with Crippen molar-refractivity contribution in [1.82, 2.24) is 0 Å². The Morgan fingerprint density at radius 1 is 1.08 bits per heavy atom. The molecule has 0 spiro atoms. The van der Waals surface area contributed by atoms with Gasteiger partial charge in [-0.05, 0) is 42.3 Å². The maximum atomic E-state index is 12.7. The summed E-state index contributed by atoms with van der Waals surface area (Å²) in [5.74, 6) is -0.970. The molecular formula is C16H14F3NO4S. The summed E-state index contributed by atoms with van der Waals surface area (Å²) in [6, 6.07) is 9.34. The van der Waals surface area contributed by atoms with Crippen LogP contribution in [0.15, 0.2) is 53.4 Å². The summed E-state index contributed by atoms with van der Waals surface area (Å²) in [7, 11) is -4.06. The van der Waals surface area contributed by atoms with E-state index in [4.69, 9.17) is 5.11 Å². The fourth-order valence-corrected chi connectivity index (χ4v) is 3.11. The normalized spacial score (nSPS) is 12.0. The number of carboxylic acid groups (broad SMARTS) is 1. The quantitative estimate of drug-likeness (QED) is 0.812. The van der Waals surface area contributed by atoms with Crippen molar-refractivity contribution >= 4 is 21.7 Å². The van der Waals surface area contributed by atoms with Gasteiger partial charge in [0.15, 0.2) is 0 Å². The number of carboxylic acids is 1. The van der Waals surface area contributed by atoms with Crippen molar-refractivity contribution in [3.63, 3.8) is 0 Å². The number of alkyl halides is 3. The summed E-state index contributed by atoms with van der Waals surface area (Å²) in [6.07, 6.45) is -4.42. The lowest BCUT2D eigenvalue weighted by Crippen LogP contribution is -2.14. The lowest BCUT2D eigenvalue weighted by molar-refractivity contribution is -0.138. The molecule has 0 bridgehead atoms. The van der Waals surface area contributed by atoms with Gasteiger partial charge in [0.2, 0.25) is 0 Å². The van der Waals surface area contributed by atoms with E-state index in [1.165, 1.54) is 30.3 Å². The first-order chi connectivity index (χ1) is 11.6. The van der Waals surface area contributed by atoms with Crippen LogP contribution >= 0.6 is 0 Å². The summed E-state index contributed by atoms with van der Waals surface area (Å²) in [6.45, 7) is 0. The molecule has 0 unspecified atom stereocenters. The van der Waals surface area contributed by atoms with Gasteiger partial charge in [-0.2, -0.15) is 13.2 Å². The molecule has 0 saturated carbocycles. The lowest BCUT2D eigenvalue weighted by Gasteiger charge is -2.11. The van der Waals surface area contributed by atoms with E-state index in [2.05, 4.69) is 4.72 Å². The minimum Gasteiger partial charge on any atom is -0.481 e. The fourth-order valence-electron chi connectivity index (χ4n) is 2.06. The van der Waals surface area contributed by atoms with Crippen LogP contribution in [0.2, 0.25) is 0 Å². The van der Waals surface area contributed by atoms with E-state index >= 15 is 0 Å². The highest BCUT2D eigenvalue weighted by atomic mass is 32.2. The van der Waals surface area contributed by atoms with Crippen molar-refractivity contribution in [2.24, 2.45) is 0 Å². The van der Waals surface area contributed by atoms with Gasteiger partial charge in [-0.3, -0.25) is 9.52 Å². The molecular weight excluding hydrogens is 359 g/mol. The molecule has 2 N–H and O–H groups in total. The van der Waals surface area contributed by atoms with Gasteiger partial charge in [0.1, 0.15) is 0 Å². The van der Waals surface area contributed by atoms with Crippen LogP contribution in [0.4, 0.5) is 18.9 Å². The monoisotopic (exact) mass is 373 g/mol. The predicted molar refractivity (Wildman–Crippen MR) is 84.7 cm³/mol. The Balaban J connectivity index is 2.18. The lowest BCUT2D eigenvalue weighted by atomic mass is 10.1. The zero-order chi connectivity index (χ0) is 18.7. The van der Waals surface area contributed by atoms with Crippen LogP contribution in [0.1, 0.15) is 17.5 Å². The second kappa shape index (κ2) is 7.14. The molecule has 2 aromatic rings. The standard InChI is InChI=1S/C16H14F3NO4S/c17-16(18,19)12-2-1-3-13(10-12)20-25(23,24)14-7-4-11(5-8-14)6-9-15(21)22/h1-5,7-8,10,20H,6,9H2,(H,21,22). The molecule has 25 heavy (non-hydrogen) atoms. The van der Waals surface area contributed by atoms with E-state index in [1.807, 2.05) is 0 Å². The summed E-state index contributed by atoms with van der Waals surface area (Å²) in [5, 5.41) is 8.62. The maximum Gasteiger partial charge on any atom is 0.416 e. The molecule has 0 radical (unpaired) electrons. The Labute approximate surface area is 142 Å². The molecule has 0 fully saturated rings. The van der Waals surface area contributed by atoms with Crippen LogP contribution < -0.4 is 4.72 Å². The summed E-state index contributed by atoms with van der Waals surface area (Å²) < 4.78 is 64.6. The zero-order valence-corrected chi connectivity index (χ0v) is 13.6. The number of hydrogen-bond acceptors (Lipinski definition) is 3. The molecule has 9 heteroatoms. The number of sulfonamides is 1. The van der Waals surface area contributed by atoms with Crippen molar-refractivity contribution < 1.29 is 31.5 Å². The van der Waals surface area contributed by atoms with Gasteiger partial charge in [0, 0.05) is 12.1 Å². The highest BCUT2D eigenvalue weighted by Crippen LogP contribution is 2.31. The number of anilines is 1. The topological polar surface area (TPSA) is 83.5 Å². The van der Waals surface area contributed by atoms with Gasteiger partial charge in [-0.15, -0.1) is 0 Å². The van der Waals surface area contributed by atoms with E-state index in [9.17, 15) is 26.4 Å². The number of nitrogens with one attached hydrogen (secondary N) is 1. The van der Waals surface area contributed by atoms with Gasteiger partial charge in [0.05, 0.1) is 10.5 Å². The summed E-state index contributed by atoms with van der Waals surface area (Å²) >= 11 is 0.